The minimum Gasteiger partial charge on any atom is -0.465 e. The third-order valence-corrected chi connectivity index (χ3v) is 3.92. The second-order valence-electron chi connectivity index (χ2n) is 6.01. The van der Waals surface area contributed by atoms with E-state index >= 15 is 0 Å². The molecule has 2 rings (SSSR count). The lowest BCUT2D eigenvalue weighted by molar-refractivity contribution is 0.0745. The lowest BCUT2D eigenvalue weighted by Gasteiger charge is -2.45. The van der Waals surface area contributed by atoms with Crippen molar-refractivity contribution in [1.82, 2.24) is 14.9 Å². The van der Waals surface area contributed by atoms with Gasteiger partial charge in [0.15, 0.2) is 0 Å². The van der Waals surface area contributed by atoms with Gasteiger partial charge in [-0.25, -0.2) is 14.8 Å². The molecule has 1 fully saturated rings. The monoisotopic (exact) mass is 342 g/mol. The van der Waals surface area contributed by atoms with Gasteiger partial charge in [-0.3, -0.25) is 0 Å². The molecule has 1 unspecified atom stereocenters. The Kier molecular flexibility index (Phi) is 4.17. The summed E-state index contributed by atoms with van der Waals surface area (Å²) in [7, 11) is 0. The first kappa shape index (κ1) is 15.0. The predicted molar refractivity (Wildman–Crippen MR) is 79.9 cm³/mol. The molecule has 1 aliphatic rings. The molecule has 2 heterocycles. The summed E-state index contributed by atoms with van der Waals surface area (Å²) < 4.78 is 0.831. The number of piperazine rings is 1. The van der Waals surface area contributed by atoms with Gasteiger partial charge in [0.2, 0.25) is 5.95 Å². The summed E-state index contributed by atoms with van der Waals surface area (Å²) >= 11 is 3.31. The molecule has 1 saturated heterocycles. The van der Waals surface area contributed by atoms with Crippen molar-refractivity contribution in [3.8, 4) is 0 Å². The van der Waals surface area contributed by atoms with Gasteiger partial charge in [0, 0.05) is 32.0 Å². The summed E-state index contributed by atoms with van der Waals surface area (Å²) in [6.45, 7) is 7.85. The van der Waals surface area contributed by atoms with Gasteiger partial charge in [0.05, 0.1) is 10.5 Å². The Morgan fingerprint density at radius 2 is 1.95 bits per heavy atom. The molecule has 20 heavy (non-hydrogen) atoms. The van der Waals surface area contributed by atoms with E-state index in [0.717, 1.165) is 4.47 Å². The first-order chi connectivity index (χ1) is 9.29. The molecule has 7 heteroatoms. The van der Waals surface area contributed by atoms with Gasteiger partial charge >= 0.3 is 6.09 Å². The van der Waals surface area contributed by atoms with E-state index in [-0.39, 0.29) is 11.5 Å². The van der Waals surface area contributed by atoms with Crippen molar-refractivity contribution in [3.63, 3.8) is 0 Å². The molecule has 6 nitrogen and oxygen atoms in total. The fourth-order valence-corrected chi connectivity index (χ4v) is 2.61. The highest BCUT2D eigenvalue weighted by molar-refractivity contribution is 9.10. The number of amides is 1. The lowest BCUT2D eigenvalue weighted by atomic mass is 9.84. The molecule has 0 aliphatic carbocycles. The van der Waals surface area contributed by atoms with Gasteiger partial charge in [-0.2, -0.15) is 0 Å². The molecule has 1 aromatic heterocycles. The van der Waals surface area contributed by atoms with Crippen LogP contribution in [0.3, 0.4) is 0 Å². The van der Waals surface area contributed by atoms with E-state index in [9.17, 15) is 9.90 Å². The van der Waals surface area contributed by atoms with Crippen LogP contribution < -0.4 is 4.90 Å². The van der Waals surface area contributed by atoms with Crippen LogP contribution in [0.2, 0.25) is 0 Å². The van der Waals surface area contributed by atoms with Crippen LogP contribution in [0.15, 0.2) is 16.9 Å². The molecule has 0 saturated carbocycles. The molecule has 1 N–H and O–H groups in total. The molecule has 0 aromatic carbocycles. The molecule has 1 aliphatic heterocycles. The van der Waals surface area contributed by atoms with Crippen LogP contribution in [0, 0.1) is 5.41 Å². The summed E-state index contributed by atoms with van der Waals surface area (Å²) in [4.78, 5) is 23.5. The lowest BCUT2D eigenvalue weighted by Crippen LogP contribution is -2.59. The van der Waals surface area contributed by atoms with Gasteiger partial charge < -0.3 is 14.9 Å². The molecule has 0 radical (unpaired) electrons. The summed E-state index contributed by atoms with van der Waals surface area (Å²) in [6.07, 6.45) is 2.55. The maximum absolute atomic E-state index is 11.4. The third-order valence-electron chi connectivity index (χ3n) is 3.52. The fourth-order valence-electron chi connectivity index (χ4n) is 2.40. The highest BCUT2D eigenvalue weighted by atomic mass is 79.9. The Hall–Kier alpha value is -1.37. The predicted octanol–water partition coefficient (Wildman–Crippen LogP) is 2.45. The van der Waals surface area contributed by atoms with Crippen LogP contribution in [0.25, 0.3) is 0 Å². The highest BCUT2D eigenvalue weighted by Crippen LogP contribution is 2.29. The van der Waals surface area contributed by atoms with Gasteiger partial charge in [-0.15, -0.1) is 0 Å². The SMILES string of the molecule is CC(C)(C)C1CN(c2ncc(Br)cn2)CCN1C(=O)O. The van der Waals surface area contributed by atoms with Gasteiger partial charge in [-0.05, 0) is 21.3 Å². The Morgan fingerprint density at radius 1 is 1.35 bits per heavy atom. The standard InChI is InChI=1S/C13H19BrN4O2/c1-13(2,3)10-8-17(4-5-18(10)12(19)20)11-15-6-9(14)7-16-11/h6-7,10H,4-5,8H2,1-3H3,(H,19,20). The van der Waals surface area contributed by atoms with Crippen LogP contribution in [0.1, 0.15) is 20.8 Å². The second-order valence-corrected chi connectivity index (χ2v) is 6.92. The molecular formula is C13H19BrN4O2. The van der Waals surface area contributed by atoms with E-state index in [1.165, 1.54) is 4.90 Å². The Balaban J connectivity index is 2.20. The largest absolute Gasteiger partial charge is 0.465 e. The highest BCUT2D eigenvalue weighted by Gasteiger charge is 2.38. The number of aromatic nitrogens is 2. The topological polar surface area (TPSA) is 69.6 Å². The van der Waals surface area contributed by atoms with Crippen LogP contribution in [-0.4, -0.2) is 51.7 Å². The van der Waals surface area contributed by atoms with Crippen molar-refractivity contribution in [2.45, 2.75) is 26.8 Å². The fraction of sp³-hybridized carbons (Fsp3) is 0.615. The smallest absolute Gasteiger partial charge is 0.407 e. The summed E-state index contributed by atoms with van der Waals surface area (Å²) in [6, 6.07) is -0.0824. The zero-order valence-electron chi connectivity index (χ0n) is 11.9. The Labute approximate surface area is 126 Å². The first-order valence-corrected chi connectivity index (χ1v) is 7.30. The quantitative estimate of drug-likeness (QED) is 0.848. The maximum Gasteiger partial charge on any atom is 0.407 e. The maximum atomic E-state index is 11.4. The van der Waals surface area contributed by atoms with Crippen molar-refractivity contribution in [2.75, 3.05) is 24.5 Å². The molecule has 0 spiro atoms. The van der Waals surface area contributed by atoms with Crippen molar-refractivity contribution in [2.24, 2.45) is 5.41 Å². The number of hydrogen-bond acceptors (Lipinski definition) is 4. The van der Waals surface area contributed by atoms with Crippen molar-refractivity contribution in [3.05, 3.63) is 16.9 Å². The minimum absolute atomic E-state index is 0.0824. The zero-order valence-corrected chi connectivity index (χ0v) is 13.5. The number of rotatable bonds is 1. The minimum atomic E-state index is -0.860. The van der Waals surface area contributed by atoms with E-state index in [2.05, 4.69) is 46.7 Å². The Bertz CT molecular complexity index is 486. The van der Waals surface area contributed by atoms with Crippen LogP contribution in [0.5, 0.6) is 0 Å². The molecule has 1 atom stereocenters. The Morgan fingerprint density at radius 3 is 2.45 bits per heavy atom. The van der Waals surface area contributed by atoms with E-state index in [1.807, 2.05) is 4.90 Å². The average molecular weight is 343 g/mol. The first-order valence-electron chi connectivity index (χ1n) is 6.51. The van der Waals surface area contributed by atoms with E-state index in [0.29, 0.717) is 25.6 Å². The molecule has 1 aromatic rings. The van der Waals surface area contributed by atoms with Crippen LogP contribution in [0.4, 0.5) is 10.7 Å². The van der Waals surface area contributed by atoms with Crippen molar-refractivity contribution >= 4 is 28.0 Å². The zero-order chi connectivity index (χ0) is 14.9. The van der Waals surface area contributed by atoms with Gasteiger partial charge in [-0.1, -0.05) is 20.8 Å². The summed E-state index contributed by atoms with van der Waals surface area (Å²) in [5.41, 5.74) is -0.133. The molecule has 0 bridgehead atoms. The number of carboxylic acid groups (broad SMARTS) is 1. The number of nitrogens with zero attached hydrogens (tertiary/aromatic N) is 4. The molecule has 110 valence electrons. The summed E-state index contributed by atoms with van der Waals surface area (Å²) in [5.74, 6) is 0.646. The second kappa shape index (κ2) is 5.55. The average Bonchev–Trinajstić information content (AvgIpc) is 2.38. The number of hydrogen-bond donors (Lipinski definition) is 1. The number of anilines is 1. The van der Waals surface area contributed by atoms with E-state index in [4.69, 9.17) is 0 Å². The normalized spacial score (nSPS) is 20.1. The van der Waals surface area contributed by atoms with Crippen molar-refractivity contribution < 1.29 is 9.90 Å². The molecule has 1 amide bonds. The molecular weight excluding hydrogens is 324 g/mol. The van der Waals surface area contributed by atoms with Gasteiger partial charge in [0.25, 0.3) is 0 Å². The van der Waals surface area contributed by atoms with Crippen molar-refractivity contribution in [1.29, 1.82) is 0 Å². The van der Waals surface area contributed by atoms with Crippen LogP contribution in [-0.2, 0) is 0 Å². The number of halogens is 1. The van der Waals surface area contributed by atoms with Crippen LogP contribution >= 0.6 is 15.9 Å². The third kappa shape index (κ3) is 3.20. The van der Waals surface area contributed by atoms with E-state index < -0.39 is 6.09 Å². The number of carbonyl (C=O) groups is 1. The van der Waals surface area contributed by atoms with E-state index in [1.54, 1.807) is 12.4 Å². The summed E-state index contributed by atoms with van der Waals surface area (Å²) in [5, 5.41) is 9.34. The van der Waals surface area contributed by atoms with Gasteiger partial charge in [0.1, 0.15) is 0 Å².